The normalized spacial score (nSPS) is 18.2. The number of cyclic esters (lactones) is 1. The lowest BCUT2D eigenvalue weighted by Crippen LogP contribution is -2.47. The number of esters is 2. The Morgan fingerprint density at radius 3 is 2.88 bits per heavy atom. The summed E-state index contributed by atoms with van der Waals surface area (Å²) in [6, 6.07) is 11.5. The van der Waals surface area contributed by atoms with Gasteiger partial charge in [-0.2, -0.15) is 0 Å². The number of imidazole rings is 1. The zero-order valence-electron chi connectivity index (χ0n) is 18.4. The van der Waals surface area contributed by atoms with Crippen molar-refractivity contribution in [2.75, 3.05) is 0 Å². The van der Waals surface area contributed by atoms with E-state index in [0.717, 1.165) is 16.5 Å². The van der Waals surface area contributed by atoms with Gasteiger partial charge in [0.2, 0.25) is 5.60 Å². The van der Waals surface area contributed by atoms with Crippen LogP contribution in [-0.2, 0) is 44.4 Å². The van der Waals surface area contributed by atoms with E-state index >= 15 is 0 Å². The Morgan fingerprint density at radius 2 is 2.09 bits per heavy atom. The molecule has 0 amide bonds. The lowest BCUT2D eigenvalue weighted by molar-refractivity contribution is -0.189. The third-order valence-corrected chi connectivity index (χ3v) is 6.54. The number of aromatic nitrogens is 4. The van der Waals surface area contributed by atoms with Crippen LogP contribution in [0, 0.1) is 0 Å². The summed E-state index contributed by atoms with van der Waals surface area (Å²) in [7, 11) is 0. The number of rotatable bonds is 4. The van der Waals surface area contributed by atoms with E-state index in [1.54, 1.807) is 34.5 Å². The predicted molar refractivity (Wildman–Crippen MR) is 121 cm³/mol. The number of fused-ring (bicyclic) bond motifs is 5. The molecule has 0 fully saturated rings. The highest BCUT2D eigenvalue weighted by Crippen LogP contribution is 2.41. The van der Waals surface area contributed by atoms with E-state index in [0.29, 0.717) is 29.1 Å². The molecule has 3 aromatic heterocycles. The van der Waals surface area contributed by atoms with Crippen LogP contribution in [0.25, 0.3) is 22.3 Å². The molecule has 0 radical (unpaired) electrons. The molecule has 9 nitrogen and oxygen atoms in total. The van der Waals surface area contributed by atoms with E-state index in [4.69, 9.17) is 14.5 Å². The summed E-state index contributed by atoms with van der Waals surface area (Å²) in [4.78, 5) is 48.0. The summed E-state index contributed by atoms with van der Waals surface area (Å²) in [5, 5.41) is 0.988. The first-order chi connectivity index (χ1) is 16.5. The molecule has 5 heterocycles. The van der Waals surface area contributed by atoms with Crippen LogP contribution in [0.5, 0.6) is 0 Å². The first-order valence-corrected chi connectivity index (χ1v) is 11.0. The fraction of sp³-hybridized carbons (Fsp3) is 0.240. The van der Waals surface area contributed by atoms with Crippen molar-refractivity contribution in [3.63, 3.8) is 0 Å². The molecule has 1 aromatic carbocycles. The minimum Gasteiger partial charge on any atom is -0.457 e. The fourth-order valence-electron chi connectivity index (χ4n) is 4.84. The van der Waals surface area contributed by atoms with Gasteiger partial charge in [-0.05, 0) is 24.6 Å². The molecule has 170 valence electrons. The molecular formula is C25H20N4O5. The molecule has 0 bridgehead atoms. The molecule has 4 aromatic rings. The van der Waals surface area contributed by atoms with Crippen LogP contribution >= 0.6 is 0 Å². The molecule has 6 rings (SSSR count). The van der Waals surface area contributed by atoms with Crippen molar-refractivity contribution in [1.29, 1.82) is 0 Å². The van der Waals surface area contributed by atoms with Crippen LogP contribution in [0.2, 0.25) is 0 Å². The van der Waals surface area contributed by atoms with E-state index in [9.17, 15) is 14.4 Å². The largest absolute Gasteiger partial charge is 0.457 e. The van der Waals surface area contributed by atoms with Gasteiger partial charge in [-0.15, -0.1) is 0 Å². The zero-order valence-corrected chi connectivity index (χ0v) is 18.4. The van der Waals surface area contributed by atoms with Crippen molar-refractivity contribution >= 4 is 22.8 Å². The third kappa shape index (κ3) is 2.89. The Kier molecular flexibility index (Phi) is 4.41. The van der Waals surface area contributed by atoms with Crippen molar-refractivity contribution in [2.45, 2.75) is 38.6 Å². The van der Waals surface area contributed by atoms with Crippen molar-refractivity contribution in [3.8, 4) is 11.4 Å². The topological polar surface area (TPSA) is 105 Å². The number of hydrogen-bond acceptors (Lipinski definition) is 7. The lowest BCUT2D eigenvalue weighted by atomic mass is 9.85. The first-order valence-electron chi connectivity index (χ1n) is 11.0. The molecular weight excluding hydrogens is 436 g/mol. The van der Waals surface area contributed by atoms with Crippen LogP contribution in [-0.4, -0.2) is 31.0 Å². The highest BCUT2D eigenvalue weighted by Gasteiger charge is 2.50. The second-order valence-electron chi connectivity index (χ2n) is 8.47. The number of carbonyl (C=O) groups excluding carboxylic acids is 2. The standard InChI is InChI=1S/C25H20N4O5/c1-2-25(34-21(30)12-28-8-7-26-14-28)18-10-20-22-16(9-15-5-3-4-6-19(15)27-22)11-29(20)23(31)17(18)13-33-24(25)32/h3-10,14H,2,11-13H2,1H3/t25-/m0/s1. The monoisotopic (exact) mass is 456 g/mol. The molecule has 2 aliphatic heterocycles. The van der Waals surface area contributed by atoms with Gasteiger partial charge in [0.15, 0.2) is 0 Å². The lowest BCUT2D eigenvalue weighted by Gasteiger charge is -2.35. The summed E-state index contributed by atoms with van der Waals surface area (Å²) < 4.78 is 14.3. The molecule has 0 saturated heterocycles. The zero-order chi connectivity index (χ0) is 23.4. The maximum Gasteiger partial charge on any atom is 0.355 e. The van der Waals surface area contributed by atoms with Crippen molar-refractivity contribution in [1.82, 2.24) is 19.1 Å². The Hall–Kier alpha value is -4.27. The predicted octanol–water partition coefficient (Wildman–Crippen LogP) is 2.53. The second kappa shape index (κ2) is 7.38. The van der Waals surface area contributed by atoms with Gasteiger partial charge >= 0.3 is 11.9 Å². The van der Waals surface area contributed by atoms with Gasteiger partial charge in [0.1, 0.15) is 13.2 Å². The first kappa shape index (κ1) is 20.3. The van der Waals surface area contributed by atoms with Crippen LogP contribution in [0.4, 0.5) is 0 Å². The average molecular weight is 456 g/mol. The summed E-state index contributed by atoms with van der Waals surface area (Å²) in [6.45, 7) is 1.82. The van der Waals surface area contributed by atoms with Gasteiger partial charge in [0, 0.05) is 28.9 Å². The molecule has 1 atom stereocenters. The van der Waals surface area contributed by atoms with Gasteiger partial charge in [0.05, 0.1) is 35.3 Å². The van der Waals surface area contributed by atoms with Crippen molar-refractivity contribution in [2.24, 2.45) is 0 Å². The summed E-state index contributed by atoms with van der Waals surface area (Å²) in [5.41, 5.74) is 1.72. The maximum atomic E-state index is 13.5. The van der Waals surface area contributed by atoms with E-state index < -0.39 is 17.5 Å². The SMILES string of the molecule is CC[C@@]1(OC(=O)Cn2ccnc2)C(=O)OCc2c1cc1n(c2=O)Cc2cc3ccccc3nc2-1. The van der Waals surface area contributed by atoms with E-state index in [1.165, 1.54) is 6.33 Å². The minimum atomic E-state index is -1.71. The Labute approximate surface area is 193 Å². The van der Waals surface area contributed by atoms with Crippen LogP contribution in [0.1, 0.15) is 30.0 Å². The van der Waals surface area contributed by atoms with Gasteiger partial charge in [-0.1, -0.05) is 25.1 Å². The number of nitrogens with zero attached hydrogens (tertiary/aromatic N) is 4. The Balaban J connectivity index is 1.50. The smallest absolute Gasteiger partial charge is 0.355 e. The number of ether oxygens (including phenoxy) is 2. The summed E-state index contributed by atoms with van der Waals surface area (Å²) >= 11 is 0. The molecule has 0 saturated carbocycles. The van der Waals surface area contributed by atoms with Crippen LogP contribution < -0.4 is 5.56 Å². The highest BCUT2D eigenvalue weighted by molar-refractivity contribution is 5.88. The van der Waals surface area contributed by atoms with Gasteiger partial charge in [-0.3, -0.25) is 9.59 Å². The quantitative estimate of drug-likeness (QED) is 0.383. The Bertz CT molecular complexity index is 1540. The molecule has 0 unspecified atom stereocenters. The van der Waals surface area contributed by atoms with Crippen LogP contribution in [0.15, 0.2) is 59.9 Å². The highest BCUT2D eigenvalue weighted by atomic mass is 16.6. The van der Waals surface area contributed by atoms with E-state index in [2.05, 4.69) is 4.98 Å². The maximum absolute atomic E-state index is 13.5. The number of pyridine rings is 2. The van der Waals surface area contributed by atoms with E-state index in [-0.39, 0.29) is 25.1 Å². The van der Waals surface area contributed by atoms with Crippen molar-refractivity contribution in [3.05, 3.63) is 82.2 Å². The average Bonchev–Trinajstić information content (AvgIpc) is 3.47. The van der Waals surface area contributed by atoms with Crippen LogP contribution in [0.3, 0.4) is 0 Å². The number of benzene rings is 1. The third-order valence-electron chi connectivity index (χ3n) is 6.54. The molecule has 0 aliphatic carbocycles. The molecule has 2 aliphatic rings. The number of para-hydroxylation sites is 1. The second-order valence-corrected chi connectivity index (χ2v) is 8.47. The summed E-state index contributed by atoms with van der Waals surface area (Å²) in [6.07, 6.45) is 4.78. The van der Waals surface area contributed by atoms with Gasteiger partial charge in [0.25, 0.3) is 5.56 Å². The number of carbonyl (C=O) groups is 2. The van der Waals surface area contributed by atoms with Gasteiger partial charge in [-0.25, -0.2) is 14.8 Å². The molecule has 0 spiro atoms. The fourth-order valence-corrected chi connectivity index (χ4v) is 4.84. The van der Waals surface area contributed by atoms with Crippen molar-refractivity contribution < 1.29 is 19.1 Å². The molecule has 0 N–H and O–H groups in total. The summed E-state index contributed by atoms with van der Waals surface area (Å²) in [5.74, 6) is -1.31. The Morgan fingerprint density at radius 1 is 1.24 bits per heavy atom. The van der Waals surface area contributed by atoms with Gasteiger partial charge < -0.3 is 18.6 Å². The number of hydrogen-bond donors (Lipinski definition) is 0. The molecule has 9 heteroatoms. The molecule has 34 heavy (non-hydrogen) atoms. The minimum absolute atomic E-state index is 0.120. The van der Waals surface area contributed by atoms with E-state index in [1.807, 2.05) is 30.3 Å².